The van der Waals surface area contributed by atoms with Gasteiger partial charge in [0.15, 0.2) is 0 Å². The smallest absolute Gasteiger partial charge is 0.0575 e. The molecule has 13 heavy (non-hydrogen) atoms. The third-order valence-corrected chi connectivity index (χ3v) is 3.08. The second-order valence-corrected chi connectivity index (χ2v) is 4.33. The first kappa shape index (κ1) is 11.0. The summed E-state index contributed by atoms with van der Waals surface area (Å²) >= 11 is 0. The van der Waals surface area contributed by atoms with Gasteiger partial charge in [-0.1, -0.05) is 13.3 Å². The Morgan fingerprint density at radius 1 is 1.46 bits per heavy atom. The van der Waals surface area contributed by atoms with E-state index < -0.39 is 0 Å². The van der Waals surface area contributed by atoms with Crippen LogP contribution in [0.15, 0.2) is 0 Å². The molecule has 0 saturated heterocycles. The lowest BCUT2D eigenvalue weighted by molar-refractivity contribution is 0.0189. The average molecular weight is 186 g/mol. The van der Waals surface area contributed by atoms with Gasteiger partial charge in [0, 0.05) is 13.2 Å². The molecular weight excluding hydrogens is 164 g/mol. The molecule has 0 aromatic heterocycles. The molecule has 0 aromatic rings. The Morgan fingerprint density at radius 2 is 2.23 bits per heavy atom. The number of aliphatic hydroxyl groups excluding tert-OH is 1. The summed E-state index contributed by atoms with van der Waals surface area (Å²) in [6.45, 7) is 5.44. The molecule has 78 valence electrons. The van der Waals surface area contributed by atoms with E-state index in [4.69, 9.17) is 9.84 Å². The van der Waals surface area contributed by atoms with Crippen molar-refractivity contribution in [3.8, 4) is 0 Å². The van der Waals surface area contributed by atoms with Crippen LogP contribution in [0.1, 0.15) is 39.5 Å². The van der Waals surface area contributed by atoms with Crippen molar-refractivity contribution in [2.45, 2.75) is 45.6 Å². The van der Waals surface area contributed by atoms with Crippen LogP contribution in [0.2, 0.25) is 0 Å². The number of hydrogen-bond acceptors (Lipinski definition) is 2. The standard InChI is InChI=1S/C11H22O2/c1-9-4-5-11(8-9)10(2)13-7-3-6-12/h9-12H,3-8H2,1-2H3. The molecule has 1 aliphatic carbocycles. The van der Waals surface area contributed by atoms with E-state index in [1.165, 1.54) is 19.3 Å². The zero-order valence-corrected chi connectivity index (χ0v) is 8.83. The molecule has 2 heteroatoms. The Morgan fingerprint density at radius 3 is 2.77 bits per heavy atom. The second-order valence-electron chi connectivity index (χ2n) is 4.33. The Balaban J connectivity index is 2.12. The van der Waals surface area contributed by atoms with Crippen LogP contribution in [0.4, 0.5) is 0 Å². The largest absolute Gasteiger partial charge is 0.396 e. The van der Waals surface area contributed by atoms with E-state index in [9.17, 15) is 0 Å². The second kappa shape index (κ2) is 5.61. The lowest BCUT2D eigenvalue weighted by Gasteiger charge is -2.19. The fourth-order valence-electron chi connectivity index (χ4n) is 2.15. The summed E-state index contributed by atoms with van der Waals surface area (Å²) in [5.41, 5.74) is 0. The van der Waals surface area contributed by atoms with E-state index in [0.717, 1.165) is 18.3 Å². The number of ether oxygens (including phenoxy) is 1. The van der Waals surface area contributed by atoms with Crippen LogP contribution in [-0.2, 0) is 4.74 Å². The molecule has 1 fully saturated rings. The topological polar surface area (TPSA) is 29.5 Å². The summed E-state index contributed by atoms with van der Waals surface area (Å²) in [4.78, 5) is 0. The van der Waals surface area contributed by atoms with Gasteiger partial charge in [-0.3, -0.25) is 0 Å². The molecule has 0 aromatic carbocycles. The van der Waals surface area contributed by atoms with Gasteiger partial charge in [0.2, 0.25) is 0 Å². The Bertz CT molecular complexity index is 136. The van der Waals surface area contributed by atoms with Gasteiger partial charge in [0.1, 0.15) is 0 Å². The van der Waals surface area contributed by atoms with Crippen LogP contribution < -0.4 is 0 Å². The Labute approximate surface area is 81.3 Å². The minimum absolute atomic E-state index is 0.244. The normalized spacial score (nSPS) is 30.7. The molecule has 1 saturated carbocycles. The van der Waals surface area contributed by atoms with Gasteiger partial charge < -0.3 is 9.84 Å². The lowest BCUT2D eigenvalue weighted by atomic mass is 10.0. The van der Waals surface area contributed by atoms with Crippen LogP contribution in [0.25, 0.3) is 0 Å². The van der Waals surface area contributed by atoms with Crippen LogP contribution >= 0.6 is 0 Å². The fraction of sp³-hybridized carbons (Fsp3) is 1.00. The first-order valence-electron chi connectivity index (χ1n) is 5.46. The first-order chi connectivity index (χ1) is 6.24. The van der Waals surface area contributed by atoms with Crippen molar-refractivity contribution in [3.63, 3.8) is 0 Å². The van der Waals surface area contributed by atoms with Crippen molar-refractivity contribution in [2.75, 3.05) is 13.2 Å². The zero-order chi connectivity index (χ0) is 9.68. The summed E-state index contributed by atoms with van der Waals surface area (Å²) in [6.07, 6.45) is 5.16. The molecule has 0 aliphatic heterocycles. The molecule has 3 unspecified atom stereocenters. The van der Waals surface area contributed by atoms with Crippen LogP contribution in [0.3, 0.4) is 0 Å². The van der Waals surface area contributed by atoms with E-state index in [1.54, 1.807) is 0 Å². The zero-order valence-electron chi connectivity index (χ0n) is 8.83. The summed E-state index contributed by atoms with van der Waals surface area (Å²) in [5, 5.41) is 8.61. The quantitative estimate of drug-likeness (QED) is 0.667. The van der Waals surface area contributed by atoms with Gasteiger partial charge in [-0.2, -0.15) is 0 Å². The van der Waals surface area contributed by atoms with Gasteiger partial charge in [-0.25, -0.2) is 0 Å². The maximum Gasteiger partial charge on any atom is 0.0575 e. The fourth-order valence-corrected chi connectivity index (χ4v) is 2.15. The molecule has 1 aliphatic rings. The molecule has 0 heterocycles. The van der Waals surface area contributed by atoms with Crippen molar-refractivity contribution < 1.29 is 9.84 Å². The number of hydrogen-bond donors (Lipinski definition) is 1. The number of aliphatic hydroxyl groups is 1. The highest BCUT2D eigenvalue weighted by molar-refractivity contribution is 4.77. The van der Waals surface area contributed by atoms with E-state index in [0.29, 0.717) is 12.7 Å². The lowest BCUT2D eigenvalue weighted by Crippen LogP contribution is -2.19. The van der Waals surface area contributed by atoms with Crippen LogP contribution in [0, 0.1) is 11.8 Å². The van der Waals surface area contributed by atoms with Crippen molar-refractivity contribution >= 4 is 0 Å². The van der Waals surface area contributed by atoms with Gasteiger partial charge in [0.25, 0.3) is 0 Å². The average Bonchev–Trinajstić information content (AvgIpc) is 2.52. The highest BCUT2D eigenvalue weighted by atomic mass is 16.5. The van der Waals surface area contributed by atoms with Crippen molar-refractivity contribution in [1.82, 2.24) is 0 Å². The monoisotopic (exact) mass is 186 g/mol. The first-order valence-corrected chi connectivity index (χ1v) is 5.46. The van der Waals surface area contributed by atoms with Gasteiger partial charge in [-0.05, 0) is 38.0 Å². The minimum Gasteiger partial charge on any atom is -0.396 e. The van der Waals surface area contributed by atoms with Gasteiger partial charge in [0.05, 0.1) is 6.10 Å². The maximum absolute atomic E-state index is 8.61. The summed E-state index contributed by atoms with van der Waals surface area (Å²) in [7, 11) is 0. The van der Waals surface area contributed by atoms with Crippen LogP contribution in [-0.4, -0.2) is 24.4 Å². The molecule has 1 N–H and O–H groups in total. The molecule has 3 atom stereocenters. The van der Waals surface area contributed by atoms with Gasteiger partial charge >= 0.3 is 0 Å². The highest BCUT2D eigenvalue weighted by Crippen LogP contribution is 2.33. The number of rotatable bonds is 5. The highest BCUT2D eigenvalue weighted by Gasteiger charge is 2.26. The minimum atomic E-state index is 0.244. The van der Waals surface area contributed by atoms with Crippen LogP contribution in [0.5, 0.6) is 0 Å². The molecular formula is C11H22O2. The predicted octanol–water partition coefficient (Wildman–Crippen LogP) is 2.21. The molecule has 0 radical (unpaired) electrons. The van der Waals surface area contributed by atoms with E-state index in [-0.39, 0.29) is 6.61 Å². The SMILES string of the molecule is CC1CCC(C(C)OCCCO)C1. The molecule has 1 rings (SSSR count). The Hall–Kier alpha value is -0.0800. The van der Waals surface area contributed by atoms with Crippen molar-refractivity contribution in [1.29, 1.82) is 0 Å². The molecule has 2 nitrogen and oxygen atoms in total. The Kier molecular flexibility index (Phi) is 4.74. The van der Waals surface area contributed by atoms with Crippen molar-refractivity contribution in [3.05, 3.63) is 0 Å². The van der Waals surface area contributed by atoms with E-state index >= 15 is 0 Å². The van der Waals surface area contributed by atoms with Crippen molar-refractivity contribution in [2.24, 2.45) is 11.8 Å². The summed E-state index contributed by atoms with van der Waals surface area (Å²) in [5.74, 6) is 1.64. The third-order valence-electron chi connectivity index (χ3n) is 3.08. The third kappa shape index (κ3) is 3.65. The van der Waals surface area contributed by atoms with E-state index in [2.05, 4.69) is 13.8 Å². The maximum atomic E-state index is 8.61. The molecule has 0 bridgehead atoms. The molecule has 0 amide bonds. The summed E-state index contributed by atoms with van der Waals surface area (Å²) < 4.78 is 5.65. The molecule has 0 spiro atoms. The predicted molar refractivity (Wildman–Crippen MR) is 53.6 cm³/mol. The van der Waals surface area contributed by atoms with E-state index in [1.807, 2.05) is 0 Å². The summed E-state index contributed by atoms with van der Waals surface area (Å²) in [6, 6.07) is 0. The van der Waals surface area contributed by atoms with Gasteiger partial charge in [-0.15, -0.1) is 0 Å².